The van der Waals surface area contributed by atoms with Crippen molar-refractivity contribution in [2.75, 3.05) is 10.0 Å². The first kappa shape index (κ1) is 13.0. The molecular weight excluding hydrogens is 272 g/mol. The predicted molar refractivity (Wildman–Crippen MR) is 80.1 cm³/mol. The number of sulfonamides is 1. The molecule has 1 aliphatic rings. The molecule has 0 bridgehead atoms. The van der Waals surface area contributed by atoms with Crippen LogP contribution >= 0.6 is 0 Å². The van der Waals surface area contributed by atoms with Gasteiger partial charge >= 0.3 is 0 Å². The molecular formula is C15H16N2O2S. The molecule has 0 radical (unpaired) electrons. The van der Waals surface area contributed by atoms with Gasteiger partial charge in [-0.15, -0.1) is 0 Å². The van der Waals surface area contributed by atoms with Crippen molar-refractivity contribution >= 4 is 21.4 Å². The summed E-state index contributed by atoms with van der Waals surface area (Å²) in [5.74, 6) is 0. The molecule has 2 aromatic carbocycles. The maximum Gasteiger partial charge on any atom is 0.264 e. The fourth-order valence-electron chi connectivity index (χ4n) is 2.66. The highest BCUT2D eigenvalue weighted by Gasteiger charge is 2.35. The average Bonchev–Trinajstić information content (AvgIpc) is 2.75. The molecule has 1 heterocycles. The molecule has 0 saturated heterocycles. The van der Waals surface area contributed by atoms with E-state index in [1.165, 1.54) is 4.31 Å². The van der Waals surface area contributed by atoms with Crippen LogP contribution < -0.4 is 10.0 Å². The van der Waals surface area contributed by atoms with Crippen LogP contribution in [0.5, 0.6) is 0 Å². The molecule has 104 valence electrons. The van der Waals surface area contributed by atoms with E-state index in [4.69, 9.17) is 5.73 Å². The molecule has 5 heteroatoms. The average molecular weight is 288 g/mol. The summed E-state index contributed by atoms with van der Waals surface area (Å²) in [6.07, 6.45) is 0.740. The van der Waals surface area contributed by atoms with E-state index >= 15 is 0 Å². The van der Waals surface area contributed by atoms with Crippen LogP contribution in [0.4, 0.5) is 11.4 Å². The van der Waals surface area contributed by atoms with Crippen molar-refractivity contribution in [3.63, 3.8) is 0 Å². The quantitative estimate of drug-likeness (QED) is 0.863. The van der Waals surface area contributed by atoms with Crippen LogP contribution in [0.1, 0.15) is 12.5 Å². The minimum absolute atomic E-state index is 0.0741. The Kier molecular flexibility index (Phi) is 2.94. The third-order valence-electron chi connectivity index (χ3n) is 3.58. The molecule has 0 aliphatic carbocycles. The van der Waals surface area contributed by atoms with Crippen LogP contribution in [0.25, 0.3) is 0 Å². The Hall–Kier alpha value is -2.01. The number of rotatable bonds is 2. The van der Waals surface area contributed by atoms with E-state index in [0.717, 1.165) is 17.7 Å². The second-order valence-corrected chi connectivity index (χ2v) is 6.87. The zero-order valence-electron chi connectivity index (χ0n) is 11.2. The fourth-order valence-corrected chi connectivity index (χ4v) is 4.35. The van der Waals surface area contributed by atoms with Gasteiger partial charge in [-0.2, -0.15) is 0 Å². The number of anilines is 2. The number of hydrogen-bond donors (Lipinski definition) is 1. The van der Waals surface area contributed by atoms with Crippen LogP contribution in [0.15, 0.2) is 53.4 Å². The highest BCUT2D eigenvalue weighted by atomic mass is 32.2. The van der Waals surface area contributed by atoms with Crippen molar-refractivity contribution in [3.8, 4) is 0 Å². The lowest BCUT2D eigenvalue weighted by molar-refractivity contribution is 0.584. The van der Waals surface area contributed by atoms with E-state index in [-0.39, 0.29) is 10.9 Å². The lowest BCUT2D eigenvalue weighted by atomic mass is 10.1. The number of para-hydroxylation sites is 1. The summed E-state index contributed by atoms with van der Waals surface area (Å²) < 4.78 is 27.1. The van der Waals surface area contributed by atoms with Gasteiger partial charge in [-0.05, 0) is 49.2 Å². The first-order valence-electron chi connectivity index (χ1n) is 6.48. The van der Waals surface area contributed by atoms with Crippen LogP contribution in [0.3, 0.4) is 0 Å². The Balaban J connectivity index is 2.10. The van der Waals surface area contributed by atoms with Gasteiger partial charge in [0.05, 0.1) is 10.6 Å². The largest absolute Gasteiger partial charge is 0.399 e. The summed E-state index contributed by atoms with van der Waals surface area (Å²) in [6.45, 7) is 1.93. The van der Waals surface area contributed by atoms with E-state index < -0.39 is 10.0 Å². The van der Waals surface area contributed by atoms with Gasteiger partial charge in [0.25, 0.3) is 10.0 Å². The number of hydrogen-bond acceptors (Lipinski definition) is 3. The number of nitrogens with two attached hydrogens (primary N) is 1. The summed E-state index contributed by atoms with van der Waals surface area (Å²) in [6, 6.07) is 13.9. The molecule has 0 unspecified atom stereocenters. The minimum atomic E-state index is -3.54. The van der Waals surface area contributed by atoms with Crippen molar-refractivity contribution in [3.05, 3.63) is 54.1 Å². The second kappa shape index (κ2) is 4.52. The Morgan fingerprint density at radius 1 is 1.10 bits per heavy atom. The Morgan fingerprint density at radius 3 is 2.45 bits per heavy atom. The highest BCUT2D eigenvalue weighted by molar-refractivity contribution is 7.92. The number of nitrogen functional groups attached to an aromatic ring is 1. The van der Waals surface area contributed by atoms with Gasteiger partial charge in [0, 0.05) is 11.7 Å². The standard InChI is InChI=1S/C15H16N2O2S/c1-11-10-12-4-2-3-5-15(12)17(11)20(18,19)14-8-6-13(16)7-9-14/h2-9,11H,10,16H2,1H3/t11-/m0/s1. The van der Waals surface area contributed by atoms with Crippen molar-refractivity contribution in [2.45, 2.75) is 24.3 Å². The van der Waals surface area contributed by atoms with Gasteiger partial charge in [-0.25, -0.2) is 8.42 Å². The van der Waals surface area contributed by atoms with Gasteiger partial charge in [0.2, 0.25) is 0 Å². The summed E-state index contributed by atoms with van der Waals surface area (Å²) in [7, 11) is -3.54. The SMILES string of the molecule is C[C@H]1Cc2ccccc2N1S(=O)(=O)c1ccc(N)cc1. The van der Waals surface area contributed by atoms with E-state index in [9.17, 15) is 8.42 Å². The van der Waals surface area contributed by atoms with Crippen LogP contribution in [0.2, 0.25) is 0 Å². The summed E-state index contributed by atoms with van der Waals surface area (Å²) >= 11 is 0. The minimum Gasteiger partial charge on any atom is -0.399 e. The highest BCUT2D eigenvalue weighted by Crippen LogP contribution is 2.36. The first-order valence-corrected chi connectivity index (χ1v) is 7.92. The molecule has 4 nitrogen and oxygen atoms in total. The smallest absolute Gasteiger partial charge is 0.264 e. The Labute approximate surface area is 118 Å². The summed E-state index contributed by atoms with van der Waals surface area (Å²) in [5.41, 5.74) is 8.02. The van der Waals surface area contributed by atoms with Crippen molar-refractivity contribution < 1.29 is 8.42 Å². The first-order chi connectivity index (χ1) is 9.50. The zero-order valence-corrected chi connectivity index (χ0v) is 12.0. The molecule has 0 fully saturated rings. The maximum atomic E-state index is 12.8. The van der Waals surface area contributed by atoms with Crippen LogP contribution in [-0.4, -0.2) is 14.5 Å². The molecule has 3 rings (SSSR count). The normalized spacial score (nSPS) is 18.1. The van der Waals surface area contributed by atoms with Gasteiger partial charge in [-0.3, -0.25) is 4.31 Å². The number of fused-ring (bicyclic) bond motifs is 1. The monoisotopic (exact) mass is 288 g/mol. The maximum absolute atomic E-state index is 12.8. The molecule has 2 aromatic rings. The molecule has 0 spiro atoms. The van der Waals surface area contributed by atoms with Gasteiger partial charge < -0.3 is 5.73 Å². The Bertz CT molecular complexity index is 739. The summed E-state index contributed by atoms with van der Waals surface area (Å²) in [4.78, 5) is 0.273. The molecule has 20 heavy (non-hydrogen) atoms. The summed E-state index contributed by atoms with van der Waals surface area (Å²) in [5, 5.41) is 0. The van der Waals surface area contributed by atoms with Crippen molar-refractivity contribution in [1.29, 1.82) is 0 Å². The van der Waals surface area contributed by atoms with Crippen molar-refractivity contribution in [1.82, 2.24) is 0 Å². The third-order valence-corrected chi connectivity index (χ3v) is 5.52. The van der Waals surface area contributed by atoms with Gasteiger partial charge in [0.15, 0.2) is 0 Å². The number of benzene rings is 2. The van der Waals surface area contributed by atoms with E-state index in [2.05, 4.69) is 0 Å². The van der Waals surface area contributed by atoms with Crippen LogP contribution in [-0.2, 0) is 16.4 Å². The second-order valence-electron chi connectivity index (χ2n) is 5.05. The van der Waals surface area contributed by atoms with E-state index in [1.807, 2.05) is 31.2 Å². The van der Waals surface area contributed by atoms with Gasteiger partial charge in [0.1, 0.15) is 0 Å². The van der Waals surface area contributed by atoms with Gasteiger partial charge in [-0.1, -0.05) is 18.2 Å². The number of nitrogens with zero attached hydrogens (tertiary/aromatic N) is 1. The molecule has 1 atom stereocenters. The topological polar surface area (TPSA) is 63.4 Å². The van der Waals surface area contributed by atoms with E-state index in [0.29, 0.717) is 5.69 Å². The third kappa shape index (κ3) is 1.94. The molecule has 0 aromatic heterocycles. The molecule has 0 amide bonds. The Morgan fingerprint density at radius 2 is 1.75 bits per heavy atom. The van der Waals surface area contributed by atoms with E-state index in [1.54, 1.807) is 24.3 Å². The molecule has 2 N–H and O–H groups in total. The zero-order chi connectivity index (χ0) is 14.3. The van der Waals surface area contributed by atoms with Crippen LogP contribution in [0, 0.1) is 0 Å². The lowest BCUT2D eigenvalue weighted by Crippen LogP contribution is -2.35. The predicted octanol–water partition coefficient (Wildman–Crippen LogP) is 2.41. The molecule has 0 saturated carbocycles. The molecule has 1 aliphatic heterocycles. The fraction of sp³-hybridized carbons (Fsp3) is 0.200. The van der Waals surface area contributed by atoms with Crippen molar-refractivity contribution in [2.24, 2.45) is 0 Å². The lowest BCUT2D eigenvalue weighted by Gasteiger charge is -2.24.